The Bertz CT molecular complexity index is 880. The minimum atomic E-state index is -2.98. The molecule has 138 valence electrons. The summed E-state index contributed by atoms with van der Waals surface area (Å²) in [5.74, 6) is 0.959. The normalized spacial score (nSPS) is 23.2. The van der Waals surface area contributed by atoms with Gasteiger partial charge in [-0.1, -0.05) is 35.5 Å². The maximum Gasteiger partial charge on any atom is 0.249 e. The van der Waals surface area contributed by atoms with Gasteiger partial charge in [0.05, 0.1) is 11.5 Å². The number of carbonyl (C=O) groups is 1. The van der Waals surface area contributed by atoms with Crippen molar-refractivity contribution in [3.05, 3.63) is 36.2 Å². The summed E-state index contributed by atoms with van der Waals surface area (Å²) in [6.45, 7) is 0.649. The highest BCUT2D eigenvalue weighted by molar-refractivity contribution is 7.91. The minimum Gasteiger partial charge on any atom is -0.337 e. The Balaban J connectivity index is 1.50. The van der Waals surface area contributed by atoms with E-state index >= 15 is 0 Å². The first kappa shape index (κ1) is 17.2. The molecule has 2 aliphatic rings. The summed E-state index contributed by atoms with van der Waals surface area (Å²) in [5, 5.41) is 4.05. The zero-order chi connectivity index (χ0) is 18.1. The highest BCUT2D eigenvalue weighted by atomic mass is 32.2. The molecule has 3 heterocycles. The highest BCUT2D eigenvalue weighted by Crippen LogP contribution is 2.34. The largest absolute Gasteiger partial charge is 0.337 e. The van der Waals surface area contributed by atoms with Crippen molar-refractivity contribution in [1.29, 1.82) is 0 Å². The maximum atomic E-state index is 12.9. The van der Waals surface area contributed by atoms with E-state index in [4.69, 9.17) is 4.52 Å². The van der Waals surface area contributed by atoms with Crippen LogP contribution in [-0.2, 0) is 14.6 Å². The van der Waals surface area contributed by atoms with Crippen molar-refractivity contribution in [3.63, 3.8) is 0 Å². The Morgan fingerprint density at radius 2 is 1.85 bits per heavy atom. The molecule has 0 N–H and O–H groups in total. The number of carbonyl (C=O) groups excluding carboxylic acids is 1. The summed E-state index contributed by atoms with van der Waals surface area (Å²) in [7, 11) is -2.98. The molecule has 2 aliphatic heterocycles. The number of hydrogen-bond donors (Lipinski definition) is 0. The Hall–Kier alpha value is -2.22. The van der Waals surface area contributed by atoms with Gasteiger partial charge in [0.1, 0.15) is 15.9 Å². The van der Waals surface area contributed by atoms with Crippen LogP contribution in [0.2, 0.25) is 0 Å². The molecule has 2 saturated heterocycles. The molecule has 26 heavy (non-hydrogen) atoms. The van der Waals surface area contributed by atoms with E-state index in [9.17, 15) is 13.2 Å². The molecule has 0 aliphatic carbocycles. The van der Waals surface area contributed by atoms with E-state index in [0.29, 0.717) is 31.1 Å². The van der Waals surface area contributed by atoms with E-state index in [1.807, 2.05) is 30.3 Å². The lowest BCUT2D eigenvalue weighted by molar-refractivity contribution is -0.137. The van der Waals surface area contributed by atoms with Crippen molar-refractivity contribution in [2.75, 3.05) is 18.1 Å². The maximum absolute atomic E-state index is 12.9. The molecule has 8 heteroatoms. The SMILES string of the molecule is O=C(C1CCS(=O)(=O)CC1)N1CCC[C@@H]1c1nc(-c2ccccc2)no1. The number of benzene rings is 1. The third-order valence-corrected chi connectivity index (χ3v) is 6.91. The Labute approximate surface area is 152 Å². The lowest BCUT2D eigenvalue weighted by Gasteiger charge is -2.29. The van der Waals surface area contributed by atoms with Gasteiger partial charge in [0.15, 0.2) is 0 Å². The van der Waals surface area contributed by atoms with E-state index in [1.165, 1.54) is 0 Å². The van der Waals surface area contributed by atoms with E-state index in [2.05, 4.69) is 10.1 Å². The number of likely N-dealkylation sites (tertiary alicyclic amines) is 1. The van der Waals surface area contributed by atoms with Gasteiger partial charge in [0, 0.05) is 18.0 Å². The molecular formula is C18H21N3O4S. The molecule has 0 unspecified atom stereocenters. The van der Waals surface area contributed by atoms with Crippen molar-refractivity contribution in [3.8, 4) is 11.4 Å². The molecular weight excluding hydrogens is 354 g/mol. The Kier molecular flexibility index (Phi) is 4.52. The third kappa shape index (κ3) is 3.38. The number of rotatable bonds is 3. The molecule has 1 amide bonds. The topological polar surface area (TPSA) is 93.4 Å². The van der Waals surface area contributed by atoms with Crippen molar-refractivity contribution in [1.82, 2.24) is 15.0 Å². The van der Waals surface area contributed by atoms with Crippen LogP contribution >= 0.6 is 0 Å². The van der Waals surface area contributed by atoms with Crippen molar-refractivity contribution < 1.29 is 17.7 Å². The number of sulfone groups is 1. The van der Waals surface area contributed by atoms with Gasteiger partial charge in [-0.15, -0.1) is 0 Å². The first-order valence-corrected chi connectivity index (χ1v) is 10.8. The van der Waals surface area contributed by atoms with Gasteiger partial charge in [-0.05, 0) is 25.7 Å². The lowest BCUT2D eigenvalue weighted by atomic mass is 10.0. The molecule has 1 aromatic heterocycles. The average Bonchev–Trinajstić information content (AvgIpc) is 3.31. The van der Waals surface area contributed by atoms with Crippen molar-refractivity contribution in [2.24, 2.45) is 5.92 Å². The van der Waals surface area contributed by atoms with E-state index < -0.39 is 9.84 Å². The van der Waals surface area contributed by atoms with Crippen LogP contribution in [0.1, 0.15) is 37.6 Å². The van der Waals surface area contributed by atoms with Gasteiger partial charge in [-0.2, -0.15) is 4.98 Å². The van der Waals surface area contributed by atoms with Crippen LogP contribution in [0.3, 0.4) is 0 Å². The monoisotopic (exact) mass is 375 g/mol. The molecule has 0 bridgehead atoms. The zero-order valence-electron chi connectivity index (χ0n) is 14.4. The first-order chi connectivity index (χ1) is 12.5. The van der Waals surface area contributed by atoms with Gasteiger partial charge in [-0.25, -0.2) is 8.42 Å². The molecule has 1 atom stereocenters. The number of aromatic nitrogens is 2. The summed E-state index contributed by atoms with van der Waals surface area (Å²) in [6, 6.07) is 9.35. The van der Waals surface area contributed by atoms with Crippen LogP contribution in [0.5, 0.6) is 0 Å². The Morgan fingerprint density at radius 3 is 2.58 bits per heavy atom. The van der Waals surface area contributed by atoms with E-state index in [0.717, 1.165) is 18.4 Å². The second kappa shape index (κ2) is 6.83. The van der Waals surface area contributed by atoms with Crippen molar-refractivity contribution >= 4 is 15.7 Å². The van der Waals surface area contributed by atoms with Gasteiger partial charge in [-0.3, -0.25) is 4.79 Å². The molecule has 4 rings (SSSR count). The highest BCUT2D eigenvalue weighted by Gasteiger charge is 2.38. The molecule has 2 fully saturated rings. The summed E-state index contributed by atoms with van der Waals surface area (Å²) < 4.78 is 28.7. The summed E-state index contributed by atoms with van der Waals surface area (Å²) in [4.78, 5) is 19.2. The van der Waals surface area contributed by atoms with E-state index in [1.54, 1.807) is 4.90 Å². The fraction of sp³-hybridized carbons (Fsp3) is 0.500. The second-order valence-corrected chi connectivity index (χ2v) is 9.24. The number of amides is 1. The fourth-order valence-electron chi connectivity index (χ4n) is 3.73. The molecule has 0 spiro atoms. The standard InChI is InChI=1S/C18H21N3O4S/c22-18(14-8-11-26(23,24)12-9-14)21-10-4-7-15(21)17-19-16(20-25-17)13-5-2-1-3-6-13/h1-3,5-6,14-15H,4,7-12H2/t15-/m1/s1. The third-order valence-electron chi connectivity index (χ3n) is 5.20. The van der Waals surface area contributed by atoms with Gasteiger partial charge in [0.2, 0.25) is 17.6 Å². The predicted molar refractivity (Wildman–Crippen MR) is 94.8 cm³/mol. The molecule has 1 aromatic carbocycles. The van der Waals surface area contributed by atoms with E-state index in [-0.39, 0.29) is 29.4 Å². The van der Waals surface area contributed by atoms with Crippen LogP contribution in [0.15, 0.2) is 34.9 Å². The second-order valence-electron chi connectivity index (χ2n) is 6.94. The molecule has 7 nitrogen and oxygen atoms in total. The van der Waals surface area contributed by atoms with Crippen LogP contribution in [0.4, 0.5) is 0 Å². The minimum absolute atomic E-state index is 0.0156. The molecule has 0 radical (unpaired) electrons. The Morgan fingerprint density at radius 1 is 1.12 bits per heavy atom. The quantitative estimate of drug-likeness (QED) is 0.817. The first-order valence-electron chi connectivity index (χ1n) is 8.93. The molecule has 2 aromatic rings. The van der Waals surface area contributed by atoms with Crippen LogP contribution in [0, 0.1) is 5.92 Å². The smallest absolute Gasteiger partial charge is 0.249 e. The average molecular weight is 375 g/mol. The van der Waals surface area contributed by atoms with Crippen molar-refractivity contribution in [2.45, 2.75) is 31.7 Å². The number of hydrogen-bond acceptors (Lipinski definition) is 6. The summed E-state index contributed by atoms with van der Waals surface area (Å²) in [6.07, 6.45) is 2.48. The van der Waals surface area contributed by atoms with Gasteiger partial charge in [0.25, 0.3) is 0 Å². The van der Waals surface area contributed by atoms with Gasteiger partial charge < -0.3 is 9.42 Å². The number of nitrogens with zero attached hydrogens (tertiary/aromatic N) is 3. The summed E-state index contributed by atoms with van der Waals surface area (Å²) >= 11 is 0. The lowest BCUT2D eigenvalue weighted by Crippen LogP contribution is -2.39. The van der Waals surface area contributed by atoms with Crippen LogP contribution in [0.25, 0.3) is 11.4 Å². The van der Waals surface area contributed by atoms with Crippen LogP contribution in [-0.4, -0.2) is 47.4 Å². The van der Waals surface area contributed by atoms with Crippen LogP contribution < -0.4 is 0 Å². The fourth-order valence-corrected chi connectivity index (χ4v) is 5.23. The summed E-state index contributed by atoms with van der Waals surface area (Å²) in [5.41, 5.74) is 0.871. The zero-order valence-corrected chi connectivity index (χ0v) is 15.2. The predicted octanol–water partition coefficient (Wildman–Crippen LogP) is 2.22. The van der Waals surface area contributed by atoms with Gasteiger partial charge >= 0.3 is 0 Å². The molecule has 0 saturated carbocycles.